The van der Waals surface area contributed by atoms with Crippen LogP contribution in [0.25, 0.3) is 11.0 Å². The van der Waals surface area contributed by atoms with E-state index in [1.165, 1.54) is 11.1 Å². The first-order valence-corrected chi connectivity index (χ1v) is 6.82. The molecule has 0 spiro atoms. The number of hydrogen-bond donors (Lipinski definition) is 2. The highest BCUT2D eigenvalue weighted by molar-refractivity contribution is 5.90. The Bertz CT molecular complexity index is 763. The van der Waals surface area contributed by atoms with E-state index >= 15 is 0 Å². The van der Waals surface area contributed by atoms with E-state index in [0.29, 0.717) is 0 Å². The molecule has 100 valence electrons. The Kier molecular flexibility index (Phi) is 2.67. The van der Waals surface area contributed by atoms with E-state index in [-0.39, 0.29) is 0 Å². The first kappa shape index (κ1) is 11.5. The molecule has 0 unspecified atom stereocenters. The van der Waals surface area contributed by atoms with Crippen molar-refractivity contribution in [3.05, 3.63) is 53.9 Å². The number of benzene rings is 1. The third kappa shape index (κ3) is 1.85. The molecule has 0 radical (unpaired) electrons. The molecule has 4 nitrogen and oxygen atoms in total. The lowest BCUT2D eigenvalue weighted by Gasteiger charge is -2.20. The first-order chi connectivity index (χ1) is 9.92. The van der Waals surface area contributed by atoms with Gasteiger partial charge in [0.1, 0.15) is 11.4 Å². The fourth-order valence-corrected chi connectivity index (χ4v) is 2.77. The molecule has 0 fully saturated rings. The lowest BCUT2D eigenvalue weighted by Crippen LogP contribution is -2.24. The highest BCUT2D eigenvalue weighted by atomic mass is 16.3. The molecule has 1 aromatic carbocycles. The van der Waals surface area contributed by atoms with E-state index in [1.807, 2.05) is 12.1 Å². The maximum atomic E-state index is 5.42. The van der Waals surface area contributed by atoms with E-state index in [9.17, 15) is 0 Å². The predicted octanol–water partition coefficient (Wildman–Crippen LogP) is 3.22. The Hall–Kier alpha value is -2.33. The summed E-state index contributed by atoms with van der Waals surface area (Å²) >= 11 is 0. The smallest absolute Gasteiger partial charge is 0.141 e. The molecule has 0 saturated heterocycles. The van der Waals surface area contributed by atoms with Crippen molar-refractivity contribution < 1.29 is 4.42 Å². The molecule has 3 heterocycles. The fraction of sp³-hybridized carbons (Fsp3) is 0.188. The SMILES string of the molecule is c1cc2c(c(Nc3nccc4occc34)c1)CCNC2. The number of rotatable bonds is 2. The summed E-state index contributed by atoms with van der Waals surface area (Å²) in [5, 5.41) is 7.87. The topological polar surface area (TPSA) is 50.1 Å². The zero-order chi connectivity index (χ0) is 13.4. The third-order valence-corrected chi connectivity index (χ3v) is 3.77. The Labute approximate surface area is 116 Å². The van der Waals surface area contributed by atoms with Crippen LogP contribution in [-0.4, -0.2) is 11.5 Å². The van der Waals surface area contributed by atoms with Crippen LogP contribution in [-0.2, 0) is 13.0 Å². The lowest BCUT2D eigenvalue weighted by molar-refractivity contribution is 0.615. The molecule has 3 aromatic rings. The molecule has 2 N–H and O–H groups in total. The van der Waals surface area contributed by atoms with Crippen LogP contribution in [0.3, 0.4) is 0 Å². The first-order valence-electron chi connectivity index (χ1n) is 6.82. The van der Waals surface area contributed by atoms with Gasteiger partial charge >= 0.3 is 0 Å². The second kappa shape index (κ2) is 4.65. The second-order valence-electron chi connectivity index (χ2n) is 4.99. The summed E-state index contributed by atoms with van der Waals surface area (Å²) < 4.78 is 5.42. The largest absolute Gasteiger partial charge is 0.464 e. The summed E-state index contributed by atoms with van der Waals surface area (Å²) in [4.78, 5) is 4.44. The minimum absolute atomic E-state index is 0.850. The molecule has 0 saturated carbocycles. The third-order valence-electron chi connectivity index (χ3n) is 3.77. The van der Waals surface area contributed by atoms with E-state index < -0.39 is 0 Å². The summed E-state index contributed by atoms with van der Waals surface area (Å²) in [5.41, 5.74) is 4.74. The van der Waals surface area contributed by atoms with E-state index in [4.69, 9.17) is 4.42 Å². The minimum Gasteiger partial charge on any atom is -0.464 e. The van der Waals surface area contributed by atoms with Crippen molar-refractivity contribution >= 4 is 22.5 Å². The van der Waals surface area contributed by atoms with Gasteiger partial charge in [0, 0.05) is 18.4 Å². The molecule has 1 aliphatic heterocycles. The maximum Gasteiger partial charge on any atom is 0.141 e. The Morgan fingerprint density at radius 2 is 2.20 bits per heavy atom. The van der Waals surface area contributed by atoms with Gasteiger partial charge in [0.2, 0.25) is 0 Å². The van der Waals surface area contributed by atoms with Crippen LogP contribution in [0.1, 0.15) is 11.1 Å². The van der Waals surface area contributed by atoms with Crippen LogP contribution in [0.15, 0.2) is 47.2 Å². The number of anilines is 2. The van der Waals surface area contributed by atoms with Gasteiger partial charge in [-0.15, -0.1) is 0 Å². The Balaban J connectivity index is 1.78. The summed E-state index contributed by atoms with van der Waals surface area (Å²) in [6, 6.07) is 10.2. The molecule has 20 heavy (non-hydrogen) atoms. The van der Waals surface area contributed by atoms with Gasteiger partial charge in [0.05, 0.1) is 11.6 Å². The van der Waals surface area contributed by atoms with Crippen LogP contribution in [0.2, 0.25) is 0 Å². The van der Waals surface area contributed by atoms with Crippen LogP contribution < -0.4 is 10.6 Å². The van der Waals surface area contributed by atoms with Crippen LogP contribution >= 0.6 is 0 Å². The molecule has 0 amide bonds. The number of nitrogens with zero attached hydrogens (tertiary/aromatic N) is 1. The molecule has 1 aliphatic rings. The molecular weight excluding hydrogens is 250 g/mol. The van der Waals surface area contributed by atoms with Gasteiger partial charge in [0.25, 0.3) is 0 Å². The normalized spacial score (nSPS) is 14.2. The Morgan fingerprint density at radius 3 is 3.20 bits per heavy atom. The highest BCUT2D eigenvalue weighted by Crippen LogP contribution is 2.29. The minimum atomic E-state index is 0.850. The van der Waals surface area contributed by atoms with E-state index in [0.717, 1.165) is 42.0 Å². The monoisotopic (exact) mass is 265 g/mol. The molecule has 0 atom stereocenters. The number of furan rings is 1. The van der Waals surface area contributed by atoms with Gasteiger partial charge in [0.15, 0.2) is 0 Å². The maximum absolute atomic E-state index is 5.42. The van der Waals surface area contributed by atoms with Crippen molar-refractivity contribution in [3.8, 4) is 0 Å². The highest BCUT2D eigenvalue weighted by Gasteiger charge is 2.13. The number of fused-ring (bicyclic) bond motifs is 2. The van der Waals surface area contributed by atoms with Crippen molar-refractivity contribution in [1.82, 2.24) is 10.3 Å². The predicted molar refractivity (Wildman–Crippen MR) is 79.1 cm³/mol. The van der Waals surface area contributed by atoms with Gasteiger partial charge in [-0.2, -0.15) is 0 Å². The van der Waals surface area contributed by atoms with Gasteiger partial charge in [-0.05, 0) is 42.3 Å². The molecule has 0 aliphatic carbocycles. The number of hydrogen-bond acceptors (Lipinski definition) is 4. The number of nitrogens with one attached hydrogen (secondary N) is 2. The van der Waals surface area contributed by atoms with Gasteiger partial charge in [-0.25, -0.2) is 4.98 Å². The summed E-state index contributed by atoms with van der Waals surface area (Å²) in [7, 11) is 0. The van der Waals surface area contributed by atoms with E-state index in [2.05, 4.69) is 33.8 Å². The van der Waals surface area contributed by atoms with Crippen molar-refractivity contribution in [3.63, 3.8) is 0 Å². The van der Waals surface area contributed by atoms with Gasteiger partial charge < -0.3 is 15.1 Å². The standard InChI is InChI=1S/C16H15N3O/c1-2-11-10-17-7-4-12(11)14(3-1)19-16-13-6-9-20-15(13)5-8-18-16/h1-3,5-6,8-9,17H,4,7,10H2,(H,18,19). The number of aromatic nitrogens is 1. The van der Waals surface area contributed by atoms with Crippen molar-refractivity contribution in [1.29, 1.82) is 0 Å². The Morgan fingerprint density at radius 1 is 1.20 bits per heavy atom. The zero-order valence-corrected chi connectivity index (χ0v) is 11.0. The summed E-state index contributed by atoms with van der Waals surface area (Å²) in [6.07, 6.45) is 4.51. The molecule has 2 aromatic heterocycles. The fourth-order valence-electron chi connectivity index (χ4n) is 2.77. The van der Waals surface area contributed by atoms with Crippen molar-refractivity contribution in [2.75, 3.05) is 11.9 Å². The van der Waals surface area contributed by atoms with Crippen LogP contribution in [0.4, 0.5) is 11.5 Å². The lowest BCUT2D eigenvalue weighted by atomic mass is 9.99. The van der Waals surface area contributed by atoms with E-state index in [1.54, 1.807) is 12.5 Å². The molecule has 0 bridgehead atoms. The second-order valence-corrected chi connectivity index (χ2v) is 4.99. The van der Waals surface area contributed by atoms with Crippen LogP contribution in [0, 0.1) is 0 Å². The van der Waals surface area contributed by atoms with Crippen LogP contribution in [0.5, 0.6) is 0 Å². The average molecular weight is 265 g/mol. The summed E-state index contributed by atoms with van der Waals surface area (Å²) in [5.74, 6) is 0.850. The van der Waals surface area contributed by atoms with Gasteiger partial charge in [-0.3, -0.25) is 0 Å². The summed E-state index contributed by atoms with van der Waals surface area (Å²) in [6.45, 7) is 1.96. The van der Waals surface area contributed by atoms with Crippen molar-refractivity contribution in [2.45, 2.75) is 13.0 Å². The van der Waals surface area contributed by atoms with Gasteiger partial charge in [-0.1, -0.05) is 12.1 Å². The average Bonchev–Trinajstić information content (AvgIpc) is 2.97. The molecule has 4 rings (SSSR count). The quantitative estimate of drug-likeness (QED) is 0.747. The van der Waals surface area contributed by atoms with Crippen molar-refractivity contribution in [2.24, 2.45) is 0 Å². The molecule has 4 heteroatoms. The number of pyridine rings is 1. The zero-order valence-electron chi connectivity index (χ0n) is 11.0. The molecular formula is C16H15N3O.